The lowest BCUT2D eigenvalue weighted by Crippen LogP contribution is -2.45. The molecule has 2 heterocycles. The van der Waals surface area contributed by atoms with Crippen molar-refractivity contribution in [2.24, 2.45) is 0 Å². The standard InChI is InChI=1S/C14H24N4/c1-3-17-6-8-18(9-7-17)12-14-5-4-13(10-15-2)11-16-14/h4-5,11,15H,3,6-10,12H2,1-2H3. The number of nitrogens with one attached hydrogen (secondary N) is 1. The van der Waals surface area contributed by atoms with E-state index in [1.807, 2.05) is 13.2 Å². The number of piperazine rings is 1. The molecule has 1 aromatic heterocycles. The summed E-state index contributed by atoms with van der Waals surface area (Å²) in [5.74, 6) is 0. The Hall–Kier alpha value is -0.970. The van der Waals surface area contributed by atoms with Gasteiger partial charge in [-0.25, -0.2) is 0 Å². The lowest BCUT2D eigenvalue weighted by atomic mass is 10.2. The van der Waals surface area contributed by atoms with Gasteiger partial charge in [-0.2, -0.15) is 0 Å². The molecule has 1 fully saturated rings. The summed E-state index contributed by atoms with van der Waals surface area (Å²) in [6.45, 7) is 9.98. The third-order valence-corrected chi connectivity index (χ3v) is 3.56. The molecule has 0 unspecified atom stereocenters. The smallest absolute Gasteiger partial charge is 0.0544 e. The van der Waals surface area contributed by atoms with Gasteiger partial charge in [-0.3, -0.25) is 9.88 Å². The molecule has 18 heavy (non-hydrogen) atoms. The second kappa shape index (κ2) is 6.83. The maximum Gasteiger partial charge on any atom is 0.0544 e. The van der Waals surface area contributed by atoms with Gasteiger partial charge in [0.1, 0.15) is 0 Å². The third-order valence-electron chi connectivity index (χ3n) is 3.56. The van der Waals surface area contributed by atoms with Crippen molar-refractivity contribution in [3.63, 3.8) is 0 Å². The highest BCUT2D eigenvalue weighted by Gasteiger charge is 2.15. The lowest BCUT2D eigenvalue weighted by molar-refractivity contribution is 0.131. The van der Waals surface area contributed by atoms with Crippen LogP contribution < -0.4 is 5.32 Å². The fraction of sp³-hybridized carbons (Fsp3) is 0.643. The molecule has 0 aromatic carbocycles. The van der Waals surface area contributed by atoms with E-state index in [1.54, 1.807) is 0 Å². The summed E-state index contributed by atoms with van der Waals surface area (Å²) in [7, 11) is 1.96. The van der Waals surface area contributed by atoms with Gasteiger partial charge in [0, 0.05) is 45.5 Å². The van der Waals surface area contributed by atoms with Crippen molar-refractivity contribution in [3.8, 4) is 0 Å². The number of rotatable bonds is 5. The summed E-state index contributed by atoms with van der Waals surface area (Å²) in [4.78, 5) is 9.53. The van der Waals surface area contributed by atoms with Gasteiger partial charge in [0.2, 0.25) is 0 Å². The Morgan fingerprint density at radius 2 is 1.89 bits per heavy atom. The molecule has 0 spiro atoms. The van der Waals surface area contributed by atoms with Crippen molar-refractivity contribution in [1.29, 1.82) is 0 Å². The minimum atomic E-state index is 0.891. The summed E-state index contributed by atoms with van der Waals surface area (Å²) in [5.41, 5.74) is 2.43. The van der Waals surface area contributed by atoms with E-state index in [0.29, 0.717) is 0 Å². The van der Waals surface area contributed by atoms with Crippen LogP contribution in [0.15, 0.2) is 18.3 Å². The van der Waals surface area contributed by atoms with Gasteiger partial charge < -0.3 is 10.2 Å². The summed E-state index contributed by atoms with van der Waals surface area (Å²) in [5, 5.41) is 3.14. The molecule has 0 atom stereocenters. The van der Waals surface area contributed by atoms with Gasteiger partial charge in [0.15, 0.2) is 0 Å². The predicted octanol–water partition coefficient (Wildman–Crippen LogP) is 0.938. The van der Waals surface area contributed by atoms with E-state index < -0.39 is 0 Å². The topological polar surface area (TPSA) is 31.4 Å². The van der Waals surface area contributed by atoms with E-state index in [-0.39, 0.29) is 0 Å². The quantitative estimate of drug-likeness (QED) is 0.840. The average molecular weight is 248 g/mol. The highest BCUT2D eigenvalue weighted by molar-refractivity contribution is 5.13. The Bertz CT molecular complexity index is 341. The first-order valence-electron chi connectivity index (χ1n) is 6.85. The van der Waals surface area contributed by atoms with Crippen LogP contribution >= 0.6 is 0 Å². The van der Waals surface area contributed by atoms with Crippen LogP contribution in [0.25, 0.3) is 0 Å². The van der Waals surface area contributed by atoms with E-state index >= 15 is 0 Å². The number of hydrogen-bond acceptors (Lipinski definition) is 4. The van der Waals surface area contributed by atoms with Gasteiger partial charge >= 0.3 is 0 Å². The van der Waals surface area contributed by atoms with Crippen LogP contribution in [0, 0.1) is 0 Å². The molecule has 0 saturated carbocycles. The van der Waals surface area contributed by atoms with Gasteiger partial charge in [-0.1, -0.05) is 13.0 Å². The zero-order valence-electron chi connectivity index (χ0n) is 11.5. The highest BCUT2D eigenvalue weighted by atomic mass is 15.3. The SMILES string of the molecule is CCN1CCN(Cc2ccc(CNC)cn2)CC1. The molecular weight excluding hydrogens is 224 g/mol. The fourth-order valence-corrected chi connectivity index (χ4v) is 2.35. The van der Waals surface area contributed by atoms with Crippen LogP contribution in [0.1, 0.15) is 18.2 Å². The van der Waals surface area contributed by atoms with Gasteiger partial charge in [-0.15, -0.1) is 0 Å². The first kappa shape index (κ1) is 13.5. The van der Waals surface area contributed by atoms with Crippen molar-refractivity contribution >= 4 is 0 Å². The van der Waals surface area contributed by atoms with Crippen LogP contribution in [-0.2, 0) is 13.1 Å². The molecule has 0 bridgehead atoms. The summed E-state index contributed by atoms with van der Waals surface area (Å²) in [6.07, 6.45) is 1.98. The highest BCUT2D eigenvalue weighted by Crippen LogP contribution is 2.07. The van der Waals surface area contributed by atoms with Crippen molar-refractivity contribution in [1.82, 2.24) is 20.1 Å². The molecule has 0 amide bonds. The summed E-state index contributed by atoms with van der Waals surface area (Å²) < 4.78 is 0. The Kier molecular flexibility index (Phi) is 5.11. The summed E-state index contributed by atoms with van der Waals surface area (Å²) >= 11 is 0. The number of likely N-dealkylation sites (N-methyl/N-ethyl adjacent to an activating group) is 1. The van der Waals surface area contributed by atoms with Crippen molar-refractivity contribution in [3.05, 3.63) is 29.6 Å². The van der Waals surface area contributed by atoms with Gasteiger partial charge in [0.25, 0.3) is 0 Å². The first-order valence-corrected chi connectivity index (χ1v) is 6.85. The van der Waals surface area contributed by atoms with Crippen LogP contribution in [0.5, 0.6) is 0 Å². The largest absolute Gasteiger partial charge is 0.316 e. The molecule has 1 aromatic rings. The molecule has 2 rings (SSSR count). The second-order valence-electron chi connectivity index (χ2n) is 4.90. The minimum Gasteiger partial charge on any atom is -0.316 e. The molecular formula is C14H24N4. The number of nitrogens with zero attached hydrogens (tertiary/aromatic N) is 3. The fourth-order valence-electron chi connectivity index (χ4n) is 2.35. The molecule has 1 saturated heterocycles. The molecule has 4 nitrogen and oxygen atoms in total. The molecule has 0 aliphatic carbocycles. The molecule has 4 heteroatoms. The molecule has 0 radical (unpaired) electrons. The molecule has 1 N–H and O–H groups in total. The Balaban J connectivity index is 1.82. The number of pyridine rings is 1. The third kappa shape index (κ3) is 3.77. The van der Waals surface area contributed by atoms with Crippen molar-refractivity contribution in [2.75, 3.05) is 39.8 Å². The lowest BCUT2D eigenvalue weighted by Gasteiger charge is -2.33. The Labute approximate surface area is 110 Å². The van der Waals surface area contributed by atoms with Gasteiger partial charge in [-0.05, 0) is 25.2 Å². The second-order valence-corrected chi connectivity index (χ2v) is 4.90. The van der Waals surface area contributed by atoms with Crippen LogP contribution in [0.2, 0.25) is 0 Å². The molecule has 1 aliphatic heterocycles. The predicted molar refractivity (Wildman–Crippen MR) is 74.4 cm³/mol. The average Bonchev–Trinajstić information content (AvgIpc) is 2.42. The monoisotopic (exact) mass is 248 g/mol. The molecule has 1 aliphatic rings. The summed E-state index contributed by atoms with van der Waals surface area (Å²) in [6, 6.07) is 4.32. The van der Waals surface area contributed by atoms with Crippen molar-refractivity contribution in [2.45, 2.75) is 20.0 Å². The maximum absolute atomic E-state index is 4.54. The zero-order chi connectivity index (χ0) is 12.8. The minimum absolute atomic E-state index is 0.891. The van der Waals surface area contributed by atoms with E-state index in [4.69, 9.17) is 0 Å². The van der Waals surface area contributed by atoms with E-state index in [2.05, 4.69) is 39.2 Å². The molecule has 100 valence electrons. The Morgan fingerprint density at radius 1 is 1.17 bits per heavy atom. The number of aromatic nitrogens is 1. The maximum atomic E-state index is 4.54. The zero-order valence-corrected chi connectivity index (χ0v) is 11.5. The van der Waals surface area contributed by atoms with E-state index in [9.17, 15) is 0 Å². The number of hydrogen-bond donors (Lipinski definition) is 1. The van der Waals surface area contributed by atoms with Gasteiger partial charge in [0.05, 0.1) is 5.69 Å². The van der Waals surface area contributed by atoms with Crippen LogP contribution in [0.3, 0.4) is 0 Å². The van der Waals surface area contributed by atoms with Crippen LogP contribution in [-0.4, -0.2) is 54.6 Å². The first-order chi connectivity index (χ1) is 8.81. The van der Waals surface area contributed by atoms with Crippen LogP contribution in [0.4, 0.5) is 0 Å². The Morgan fingerprint density at radius 3 is 2.44 bits per heavy atom. The normalized spacial score (nSPS) is 18.1. The van der Waals surface area contributed by atoms with E-state index in [1.165, 1.54) is 30.9 Å². The van der Waals surface area contributed by atoms with E-state index in [0.717, 1.165) is 26.2 Å². The van der Waals surface area contributed by atoms with Crippen molar-refractivity contribution < 1.29 is 0 Å².